The molecule has 204 valence electrons. The Bertz CT molecular complexity index is 2000. The van der Waals surface area contributed by atoms with Gasteiger partial charge in [0.05, 0.1) is 30.2 Å². The van der Waals surface area contributed by atoms with Crippen LogP contribution in [0.4, 0.5) is 11.4 Å². The van der Waals surface area contributed by atoms with Gasteiger partial charge in [0.2, 0.25) is 12.2 Å². The topological polar surface area (TPSA) is 158 Å². The fraction of sp³-hybridized carbons (Fsp3) is 0.172. The van der Waals surface area contributed by atoms with E-state index in [2.05, 4.69) is 9.98 Å². The molecule has 0 radical (unpaired) electrons. The molecule has 0 atom stereocenters. The first-order chi connectivity index (χ1) is 19.7. The van der Waals surface area contributed by atoms with Gasteiger partial charge >= 0.3 is 17.1 Å². The van der Waals surface area contributed by atoms with E-state index in [1.165, 1.54) is 24.3 Å². The van der Waals surface area contributed by atoms with Gasteiger partial charge in [-0.15, -0.1) is 5.26 Å². The molecule has 0 spiro atoms. The summed E-state index contributed by atoms with van der Waals surface area (Å²) in [5, 5.41) is 8.82. The molecule has 0 saturated carbocycles. The number of aliphatic imine (C=N–C) groups is 2. The van der Waals surface area contributed by atoms with E-state index in [9.17, 15) is 24.0 Å². The summed E-state index contributed by atoms with van der Waals surface area (Å²) in [5.41, 5.74) is 0.984. The summed E-state index contributed by atoms with van der Waals surface area (Å²) in [6.07, 6.45) is 4.54. The van der Waals surface area contributed by atoms with Crippen LogP contribution in [0.5, 0.6) is 5.75 Å². The highest BCUT2D eigenvalue weighted by Crippen LogP contribution is 2.22. The van der Waals surface area contributed by atoms with Crippen LogP contribution >= 0.6 is 0 Å². The first-order valence-corrected chi connectivity index (χ1v) is 12.2. The normalized spacial score (nSPS) is 10.3. The number of isocyanates is 2. The van der Waals surface area contributed by atoms with Gasteiger partial charge in [-0.05, 0) is 72.9 Å². The van der Waals surface area contributed by atoms with Crippen molar-refractivity contribution in [3.8, 4) is 17.7 Å². The Morgan fingerprint density at radius 3 is 1.85 bits per heavy atom. The smallest absolute Gasteiger partial charge is 0.341 e. The third kappa shape index (κ3) is 5.77. The minimum Gasteiger partial charge on any atom is -0.388 e. The average molecular weight is 551 g/mol. The van der Waals surface area contributed by atoms with Crippen LogP contribution in [0, 0.1) is 32.3 Å². The average Bonchev–Trinajstić information content (AvgIpc) is 2.94. The first-order valence-electron chi connectivity index (χ1n) is 12.2. The number of carbonyl (C=O) groups excluding carboxylic acids is 2. The van der Waals surface area contributed by atoms with Crippen molar-refractivity contribution in [3.05, 3.63) is 114 Å². The third-order valence-corrected chi connectivity index (χ3v) is 6.43. The molecule has 0 amide bonds. The highest BCUT2D eigenvalue weighted by Gasteiger charge is 2.19. The molecule has 0 fully saturated rings. The highest BCUT2D eigenvalue weighted by molar-refractivity contribution is 5.58. The quantitative estimate of drug-likeness (QED) is 0.185. The Labute approximate surface area is 232 Å². The molecule has 12 heteroatoms. The molecule has 0 N–H and O–H groups in total. The van der Waals surface area contributed by atoms with Gasteiger partial charge in [-0.25, -0.2) is 37.7 Å². The van der Waals surface area contributed by atoms with Crippen molar-refractivity contribution >= 4 is 23.5 Å². The molecule has 41 heavy (non-hydrogen) atoms. The Kier molecular flexibility index (Phi) is 8.16. The Hall–Kier alpha value is -5.88. The number of aryl methyl sites for hydroxylation is 3. The third-order valence-electron chi connectivity index (χ3n) is 6.43. The van der Waals surface area contributed by atoms with E-state index in [4.69, 9.17) is 10.00 Å². The lowest BCUT2D eigenvalue weighted by atomic mass is 10.1. The van der Waals surface area contributed by atoms with Gasteiger partial charge in [-0.3, -0.25) is 0 Å². The minimum absolute atomic E-state index is 0.0999. The molecular weight excluding hydrogens is 528 g/mol. The maximum atomic E-state index is 13.7. The summed E-state index contributed by atoms with van der Waals surface area (Å²) in [6.45, 7) is 4.74. The summed E-state index contributed by atoms with van der Waals surface area (Å²) >= 11 is 0. The van der Waals surface area contributed by atoms with Crippen LogP contribution in [0.3, 0.4) is 0 Å². The van der Waals surface area contributed by atoms with Crippen molar-refractivity contribution in [2.45, 2.75) is 33.9 Å². The molecule has 4 aromatic rings. The molecule has 12 nitrogen and oxygen atoms in total. The van der Waals surface area contributed by atoms with Gasteiger partial charge in [0, 0.05) is 0 Å². The fourth-order valence-corrected chi connectivity index (χ4v) is 4.36. The highest BCUT2D eigenvalue weighted by atomic mass is 16.5. The maximum Gasteiger partial charge on any atom is 0.341 e. The second-order valence-corrected chi connectivity index (χ2v) is 9.15. The van der Waals surface area contributed by atoms with Gasteiger partial charge in [0.1, 0.15) is 5.75 Å². The lowest BCUT2D eigenvalue weighted by molar-refractivity contribution is 0.502. The SMILES string of the molecule is Cc1cc(Cn2c(=O)n(Cc3ccc(OC#N)c(C)c3)c(=O)n(-c3ccc(C)c(N=C=O)c3)c2=O)ccc1N=C=O. The standard InChI is InChI=1S/C29H22N6O6/c1-18-4-7-23(12-25(18)32-17-37)35-28(39)33(13-21-5-8-24(31-16-36)19(2)10-21)27(38)34(29(35)40)14-22-6-9-26(41-15-30)20(3)11-22/h4-12H,13-14H2,1-3H3. The molecular formula is C29H22N6O6. The van der Waals surface area contributed by atoms with Crippen LogP contribution in [-0.2, 0) is 22.7 Å². The van der Waals surface area contributed by atoms with Crippen molar-refractivity contribution in [3.63, 3.8) is 0 Å². The monoisotopic (exact) mass is 550 g/mol. The van der Waals surface area contributed by atoms with Gasteiger partial charge < -0.3 is 4.74 Å². The zero-order chi connectivity index (χ0) is 29.7. The molecule has 4 rings (SSSR count). The van der Waals surface area contributed by atoms with E-state index in [1.807, 2.05) is 0 Å². The molecule has 0 unspecified atom stereocenters. The van der Waals surface area contributed by atoms with Crippen LogP contribution in [0.1, 0.15) is 27.8 Å². The lowest BCUT2D eigenvalue weighted by Gasteiger charge is -2.15. The number of hydrogen-bond acceptors (Lipinski definition) is 9. The Morgan fingerprint density at radius 2 is 1.29 bits per heavy atom. The van der Waals surface area contributed by atoms with E-state index in [0.29, 0.717) is 39.3 Å². The number of ether oxygens (including phenoxy) is 1. The van der Waals surface area contributed by atoms with E-state index in [-0.39, 0.29) is 24.5 Å². The molecule has 0 aliphatic rings. The summed E-state index contributed by atoms with van der Waals surface area (Å²) in [5.74, 6) is 0.326. The number of nitrogens with zero attached hydrogens (tertiary/aromatic N) is 6. The van der Waals surface area contributed by atoms with E-state index in [0.717, 1.165) is 13.7 Å². The van der Waals surface area contributed by atoms with Crippen molar-refractivity contribution in [2.24, 2.45) is 9.98 Å². The predicted octanol–water partition coefficient (Wildman–Crippen LogP) is 2.98. The lowest BCUT2D eigenvalue weighted by Crippen LogP contribution is -2.54. The second kappa shape index (κ2) is 11.9. The summed E-state index contributed by atoms with van der Waals surface area (Å²) < 4.78 is 7.58. The van der Waals surface area contributed by atoms with Crippen molar-refractivity contribution in [2.75, 3.05) is 0 Å². The first kappa shape index (κ1) is 28.1. The number of rotatable bonds is 8. The Balaban J connectivity index is 1.95. The van der Waals surface area contributed by atoms with Gasteiger partial charge in [0.25, 0.3) is 6.26 Å². The molecule has 3 aromatic carbocycles. The zero-order valence-electron chi connectivity index (χ0n) is 22.2. The summed E-state index contributed by atoms with van der Waals surface area (Å²) in [6, 6.07) is 14.1. The fourth-order valence-electron chi connectivity index (χ4n) is 4.36. The maximum absolute atomic E-state index is 13.7. The number of benzene rings is 3. The van der Waals surface area contributed by atoms with Crippen LogP contribution in [0.25, 0.3) is 5.69 Å². The number of nitriles is 1. The molecule has 0 saturated heterocycles. The van der Waals surface area contributed by atoms with Crippen LogP contribution in [0.2, 0.25) is 0 Å². The van der Waals surface area contributed by atoms with Crippen LogP contribution < -0.4 is 21.8 Å². The minimum atomic E-state index is -0.900. The van der Waals surface area contributed by atoms with Crippen molar-refractivity contribution < 1.29 is 14.3 Å². The van der Waals surface area contributed by atoms with Crippen molar-refractivity contribution in [1.29, 1.82) is 5.26 Å². The molecule has 1 heterocycles. The van der Waals surface area contributed by atoms with E-state index >= 15 is 0 Å². The number of aromatic nitrogens is 3. The zero-order valence-corrected chi connectivity index (χ0v) is 22.2. The van der Waals surface area contributed by atoms with Gasteiger partial charge in [0.15, 0.2) is 0 Å². The van der Waals surface area contributed by atoms with Crippen LogP contribution in [-0.4, -0.2) is 25.9 Å². The van der Waals surface area contributed by atoms with Crippen molar-refractivity contribution in [1.82, 2.24) is 13.7 Å². The number of hydrogen-bond donors (Lipinski definition) is 0. The van der Waals surface area contributed by atoms with Gasteiger partial charge in [-0.1, -0.05) is 30.3 Å². The van der Waals surface area contributed by atoms with E-state index < -0.39 is 17.1 Å². The Morgan fingerprint density at radius 1 is 0.707 bits per heavy atom. The molecule has 0 aliphatic carbocycles. The summed E-state index contributed by atoms with van der Waals surface area (Å²) in [4.78, 5) is 69.9. The predicted molar refractivity (Wildman–Crippen MR) is 148 cm³/mol. The van der Waals surface area contributed by atoms with E-state index in [1.54, 1.807) is 69.5 Å². The molecule has 0 aliphatic heterocycles. The largest absolute Gasteiger partial charge is 0.388 e. The van der Waals surface area contributed by atoms with Gasteiger partial charge in [-0.2, -0.15) is 9.98 Å². The second-order valence-electron chi connectivity index (χ2n) is 9.15. The van der Waals surface area contributed by atoms with Crippen LogP contribution in [0.15, 0.2) is 79.0 Å². The molecule has 0 bridgehead atoms. The summed E-state index contributed by atoms with van der Waals surface area (Å²) in [7, 11) is 0. The molecule has 1 aromatic heterocycles.